The van der Waals surface area contributed by atoms with E-state index in [1.807, 2.05) is 48.7 Å². The number of nitrogens with zero attached hydrogens (tertiary/aromatic N) is 2. The van der Waals surface area contributed by atoms with E-state index in [4.69, 9.17) is 4.52 Å². The number of halogens is 2. The van der Waals surface area contributed by atoms with E-state index in [-0.39, 0.29) is 24.8 Å². The third kappa shape index (κ3) is 4.22. The third-order valence-electron chi connectivity index (χ3n) is 4.02. The van der Waals surface area contributed by atoms with Crippen molar-refractivity contribution in [2.75, 3.05) is 0 Å². The van der Waals surface area contributed by atoms with Crippen molar-refractivity contribution in [3.05, 3.63) is 84.2 Å². The van der Waals surface area contributed by atoms with Gasteiger partial charge in [-0.1, -0.05) is 47.6 Å². The van der Waals surface area contributed by atoms with E-state index in [2.05, 4.69) is 33.7 Å². The van der Waals surface area contributed by atoms with Crippen molar-refractivity contribution in [3.63, 3.8) is 0 Å². The lowest BCUT2D eigenvalue weighted by atomic mass is 10.0. The number of fused-ring (bicyclic) bond motifs is 1. The van der Waals surface area contributed by atoms with Crippen LogP contribution in [0.1, 0.15) is 11.1 Å². The van der Waals surface area contributed by atoms with Crippen LogP contribution in [0.15, 0.2) is 77.6 Å². The number of nitrogens with one attached hydrogen (secondary N) is 1. The first kappa shape index (κ1) is 19.9. The van der Waals surface area contributed by atoms with E-state index >= 15 is 0 Å². The maximum absolute atomic E-state index is 5.45. The molecule has 0 spiro atoms. The maximum atomic E-state index is 5.45. The van der Waals surface area contributed by atoms with E-state index in [9.17, 15) is 0 Å². The summed E-state index contributed by atoms with van der Waals surface area (Å²) in [5.74, 6) is 0. The molecule has 0 saturated carbocycles. The number of hydrogen-bond donors (Lipinski definition) is 1. The third-order valence-corrected chi connectivity index (χ3v) is 4.02. The molecule has 134 valence electrons. The minimum absolute atomic E-state index is 0. The fourth-order valence-corrected chi connectivity index (χ4v) is 2.83. The standard InChI is InChI=1S/C20H17N3O.2ClH/c1-2-8-17(20-18-9-3-4-10-19(18)24-23-20)16(7-1)14-22-13-15-6-5-11-21-12-15;;/h1-12,22H,13-14H2;2*1H. The molecule has 6 heteroatoms. The molecule has 0 aliphatic carbocycles. The first-order valence-corrected chi connectivity index (χ1v) is 7.94. The van der Waals surface area contributed by atoms with E-state index in [0.717, 1.165) is 35.3 Å². The molecule has 2 heterocycles. The molecule has 4 nitrogen and oxygen atoms in total. The van der Waals surface area contributed by atoms with Gasteiger partial charge in [0.25, 0.3) is 0 Å². The molecule has 0 atom stereocenters. The predicted molar refractivity (Wildman–Crippen MR) is 109 cm³/mol. The van der Waals surface area contributed by atoms with Gasteiger partial charge in [0.05, 0.1) is 0 Å². The van der Waals surface area contributed by atoms with Gasteiger partial charge in [0.2, 0.25) is 0 Å². The number of pyridine rings is 1. The molecule has 1 N–H and O–H groups in total. The van der Waals surface area contributed by atoms with E-state index in [1.54, 1.807) is 6.20 Å². The molecule has 0 aliphatic heterocycles. The highest BCUT2D eigenvalue weighted by molar-refractivity contribution is 5.92. The Labute approximate surface area is 164 Å². The lowest BCUT2D eigenvalue weighted by Gasteiger charge is -2.09. The van der Waals surface area contributed by atoms with Crippen LogP contribution in [0.4, 0.5) is 0 Å². The van der Waals surface area contributed by atoms with Crippen molar-refractivity contribution in [1.29, 1.82) is 0 Å². The van der Waals surface area contributed by atoms with E-state index < -0.39 is 0 Å². The van der Waals surface area contributed by atoms with Crippen LogP contribution in [-0.2, 0) is 13.1 Å². The topological polar surface area (TPSA) is 51.0 Å². The van der Waals surface area contributed by atoms with Crippen molar-refractivity contribution in [2.45, 2.75) is 13.1 Å². The highest BCUT2D eigenvalue weighted by Gasteiger charge is 2.12. The SMILES string of the molecule is Cl.Cl.c1cncc(CNCc2ccccc2-c2noc3ccccc23)c1. The fraction of sp³-hybridized carbons (Fsp3) is 0.100. The van der Waals surface area contributed by atoms with Crippen LogP contribution in [-0.4, -0.2) is 10.1 Å². The van der Waals surface area contributed by atoms with Crippen molar-refractivity contribution in [3.8, 4) is 11.3 Å². The van der Waals surface area contributed by atoms with E-state index in [1.165, 1.54) is 11.1 Å². The Morgan fingerprint density at radius 1 is 0.846 bits per heavy atom. The molecule has 0 unspecified atom stereocenters. The highest BCUT2D eigenvalue weighted by atomic mass is 35.5. The first-order chi connectivity index (χ1) is 11.9. The summed E-state index contributed by atoms with van der Waals surface area (Å²) in [4.78, 5) is 4.14. The van der Waals surface area contributed by atoms with Gasteiger partial charge in [-0.2, -0.15) is 0 Å². The normalized spacial score (nSPS) is 10.2. The molecule has 0 aliphatic rings. The van der Waals surface area contributed by atoms with Crippen LogP contribution in [0.25, 0.3) is 22.2 Å². The zero-order valence-corrected chi connectivity index (χ0v) is 15.6. The molecule has 4 rings (SSSR count). The number of para-hydroxylation sites is 1. The van der Waals surface area contributed by atoms with Gasteiger partial charge < -0.3 is 9.84 Å². The summed E-state index contributed by atoms with van der Waals surface area (Å²) in [5.41, 5.74) is 5.17. The average molecular weight is 388 g/mol. The summed E-state index contributed by atoms with van der Waals surface area (Å²) in [6, 6.07) is 20.3. The summed E-state index contributed by atoms with van der Waals surface area (Å²) in [5, 5.41) is 8.79. The lowest BCUT2D eigenvalue weighted by molar-refractivity contribution is 0.459. The van der Waals surface area contributed by atoms with Crippen molar-refractivity contribution < 1.29 is 4.52 Å². The summed E-state index contributed by atoms with van der Waals surface area (Å²) in [6.07, 6.45) is 3.67. The minimum Gasteiger partial charge on any atom is -0.356 e. The summed E-state index contributed by atoms with van der Waals surface area (Å²) < 4.78 is 5.45. The molecular weight excluding hydrogens is 369 g/mol. The Bertz CT molecular complexity index is 957. The van der Waals surface area contributed by atoms with Gasteiger partial charge in [0, 0.05) is 36.4 Å². The quantitative estimate of drug-likeness (QED) is 0.521. The highest BCUT2D eigenvalue weighted by Crippen LogP contribution is 2.30. The second kappa shape index (κ2) is 9.34. The van der Waals surface area contributed by atoms with Crippen molar-refractivity contribution in [2.24, 2.45) is 0 Å². The smallest absolute Gasteiger partial charge is 0.167 e. The predicted octanol–water partition coefficient (Wildman–Crippen LogP) is 5.02. The Balaban J connectivity index is 0.00000121. The van der Waals surface area contributed by atoms with Crippen LogP contribution in [0.2, 0.25) is 0 Å². The number of aromatic nitrogens is 2. The molecule has 2 aromatic carbocycles. The monoisotopic (exact) mass is 387 g/mol. The van der Waals surface area contributed by atoms with Crippen LogP contribution in [0.3, 0.4) is 0 Å². The summed E-state index contributed by atoms with van der Waals surface area (Å²) in [6.45, 7) is 1.54. The molecular formula is C20H19Cl2N3O. The maximum Gasteiger partial charge on any atom is 0.167 e. The second-order valence-corrected chi connectivity index (χ2v) is 5.65. The Morgan fingerprint density at radius 2 is 1.65 bits per heavy atom. The van der Waals surface area contributed by atoms with E-state index in [0.29, 0.717) is 0 Å². The molecule has 0 bridgehead atoms. The molecule has 26 heavy (non-hydrogen) atoms. The number of hydrogen-bond acceptors (Lipinski definition) is 4. The summed E-state index contributed by atoms with van der Waals surface area (Å²) >= 11 is 0. The molecule has 0 radical (unpaired) electrons. The number of benzene rings is 2. The average Bonchev–Trinajstić information content (AvgIpc) is 3.07. The molecule has 4 aromatic rings. The van der Waals surface area contributed by atoms with Gasteiger partial charge in [-0.05, 0) is 29.3 Å². The molecule has 0 saturated heterocycles. The fourth-order valence-electron chi connectivity index (χ4n) is 2.83. The van der Waals surface area contributed by atoms with Gasteiger partial charge >= 0.3 is 0 Å². The molecule has 2 aromatic heterocycles. The van der Waals surface area contributed by atoms with Crippen LogP contribution in [0, 0.1) is 0 Å². The Hall–Kier alpha value is -2.40. The Morgan fingerprint density at radius 3 is 2.50 bits per heavy atom. The van der Waals surface area contributed by atoms with Crippen LogP contribution in [0.5, 0.6) is 0 Å². The van der Waals surface area contributed by atoms with Crippen LogP contribution < -0.4 is 5.32 Å². The number of rotatable bonds is 5. The van der Waals surface area contributed by atoms with Crippen molar-refractivity contribution in [1.82, 2.24) is 15.5 Å². The van der Waals surface area contributed by atoms with Crippen molar-refractivity contribution >= 4 is 35.8 Å². The van der Waals surface area contributed by atoms with Gasteiger partial charge in [-0.15, -0.1) is 24.8 Å². The molecule has 0 fully saturated rings. The minimum atomic E-state index is 0. The largest absolute Gasteiger partial charge is 0.356 e. The lowest BCUT2D eigenvalue weighted by Crippen LogP contribution is -2.13. The Kier molecular flexibility index (Phi) is 7.16. The summed E-state index contributed by atoms with van der Waals surface area (Å²) in [7, 11) is 0. The zero-order valence-electron chi connectivity index (χ0n) is 14.0. The van der Waals surface area contributed by atoms with Gasteiger partial charge in [-0.3, -0.25) is 4.98 Å². The zero-order chi connectivity index (χ0) is 16.2. The van der Waals surface area contributed by atoms with Gasteiger partial charge in [0.15, 0.2) is 5.58 Å². The first-order valence-electron chi connectivity index (χ1n) is 7.94. The van der Waals surface area contributed by atoms with Gasteiger partial charge in [-0.25, -0.2) is 0 Å². The van der Waals surface area contributed by atoms with Gasteiger partial charge in [0.1, 0.15) is 5.69 Å². The molecule has 0 amide bonds. The second-order valence-electron chi connectivity index (χ2n) is 5.65. The van der Waals surface area contributed by atoms with Crippen LogP contribution >= 0.6 is 24.8 Å².